The van der Waals surface area contributed by atoms with Gasteiger partial charge in [-0.2, -0.15) is 0 Å². The second kappa shape index (κ2) is 12.8. The third kappa shape index (κ3) is 6.69. The zero-order valence-electron chi connectivity index (χ0n) is 20.0. The fraction of sp³-hybridized carbons (Fsp3) is 0.957. The third-order valence-electron chi connectivity index (χ3n) is 7.73. The molecule has 3 aliphatic rings. The van der Waals surface area contributed by atoms with E-state index >= 15 is 0 Å². The lowest BCUT2D eigenvalue weighted by Gasteiger charge is -2.50. The highest BCUT2D eigenvalue weighted by Gasteiger charge is 2.40. The summed E-state index contributed by atoms with van der Waals surface area (Å²) in [6.07, 6.45) is 7.98. The van der Waals surface area contributed by atoms with Gasteiger partial charge >= 0.3 is 0 Å². The molecule has 3 heterocycles. The van der Waals surface area contributed by atoms with Crippen molar-refractivity contribution in [3.05, 3.63) is 0 Å². The summed E-state index contributed by atoms with van der Waals surface area (Å²) in [6, 6.07) is 0. The Kier molecular flexibility index (Phi) is 11.1. The van der Waals surface area contributed by atoms with E-state index < -0.39 is 0 Å². The minimum Gasteiger partial charge on any atom is -0.354 e. The van der Waals surface area contributed by atoms with Crippen LogP contribution >= 0.6 is 24.0 Å². The Morgan fingerprint density at radius 2 is 1.70 bits per heavy atom. The van der Waals surface area contributed by atoms with Crippen molar-refractivity contribution < 1.29 is 0 Å². The van der Waals surface area contributed by atoms with Gasteiger partial charge in [0.2, 0.25) is 0 Å². The van der Waals surface area contributed by atoms with Crippen LogP contribution in [-0.4, -0.2) is 111 Å². The number of rotatable bonds is 7. The lowest BCUT2D eigenvalue weighted by atomic mass is 9.84. The molecule has 0 aromatic carbocycles. The van der Waals surface area contributed by atoms with Gasteiger partial charge in [-0.1, -0.05) is 20.3 Å². The van der Waals surface area contributed by atoms with E-state index in [2.05, 4.69) is 50.8 Å². The Balaban J connectivity index is 0.00000320. The molecular formula is C23H47IN6. The highest BCUT2D eigenvalue weighted by atomic mass is 127. The molecule has 3 saturated heterocycles. The lowest BCUT2D eigenvalue weighted by molar-refractivity contribution is 0.0170. The van der Waals surface area contributed by atoms with Gasteiger partial charge in [0.1, 0.15) is 0 Å². The van der Waals surface area contributed by atoms with Gasteiger partial charge < -0.3 is 20.0 Å². The molecule has 3 fully saturated rings. The molecular weight excluding hydrogens is 487 g/mol. The van der Waals surface area contributed by atoms with Crippen molar-refractivity contribution in [1.82, 2.24) is 24.9 Å². The summed E-state index contributed by atoms with van der Waals surface area (Å²) in [5.41, 5.74) is 0.309. The zero-order chi connectivity index (χ0) is 20.7. The Bertz CT molecular complexity index is 510. The molecule has 6 nitrogen and oxygen atoms in total. The van der Waals surface area contributed by atoms with E-state index in [1.54, 1.807) is 0 Å². The van der Waals surface area contributed by atoms with Crippen molar-refractivity contribution in [1.29, 1.82) is 0 Å². The number of hydrogen-bond acceptors (Lipinski definition) is 4. The first-order valence-electron chi connectivity index (χ1n) is 12.2. The first kappa shape index (κ1) is 26.1. The second-order valence-electron chi connectivity index (χ2n) is 9.56. The average molecular weight is 535 g/mol. The minimum atomic E-state index is 0. The number of likely N-dealkylation sites (tertiary alicyclic amines) is 3. The normalized spacial score (nSPS) is 26.1. The van der Waals surface area contributed by atoms with Crippen LogP contribution in [0.15, 0.2) is 4.99 Å². The number of guanidine groups is 1. The van der Waals surface area contributed by atoms with Gasteiger partial charge in [-0.3, -0.25) is 9.89 Å². The molecule has 3 aliphatic heterocycles. The summed E-state index contributed by atoms with van der Waals surface area (Å²) in [6.45, 7) is 16.4. The molecule has 1 N–H and O–H groups in total. The number of aliphatic imine (C=N–C) groups is 1. The van der Waals surface area contributed by atoms with Crippen LogP contribution in [-0.2, 0) is 0 Å². The molecule has 1 unspecified atom stereocenters. The topological polar surface area (TPSA) is 37.4 Å². The predicted molar refractivity (Wildman–Crippen MR) is 139 cm³/mol. The maximum absolute atomic E-state index is 4.69. The molecule has 7 heteroatoms. The first-order chi connectivity index (χ1) is 14.1. The van der Waals surface area contributed by atoms with Crippen LogP contribution in [0.3, 0.4) is 0 Å². The van der Waals surface area contributed by atoms with Gasteiger partial charge in [0.15, 0.2) is 5.96 Å². The van der Waals surface area contributed by atoms with E-state index in [4.69, 9.17) is 0 Å². The van der Waals surface area contributed by atoms with Gasteiger partial charge in [-0.15, -0.1) is 24.0 Å². The largest absolute Gasteiger partial charge is 0.354 e. The van der Waals surface area contributed by atoms with Crippen LogP contribution in [0.2, 0.25) is 0 Å². The number of halogens is 1. The summed E-state index contributed by atoms with van der Waals surface area (Å²) < 4.78 is 0. The van der Waals surface area contributed by atoms with Crippen LogP contribution in [0, 0.1) is 5.92 Å². The summed E-state index contributed by atoms with van der Waals surface area (Å²) in [4.78, 5) is 15.1. The monoisotopic (exact) mass is 534 g/mol. The summed E-state index contributed by atoms with van der Waals surface area (Å²) in [7, 11) is 4.23. The third-order valence-corrected chi connectivity index (χ3v) is 7.73. The number of hydrogen-bond donors (Lipinski definition) is 1. The Morgan fingerprint density at radius 1 is 1.03 bits per heavy atom. The molecule has 0 amide bonds. The summed E-state index contributed by atoms with van der Waals surface area (Å²) in [5, 5.41) is 3.84. The molecule has 0 aromatic rings. The predicted octanol–water partition coefficient (Wildman–Crippen LogP) is 2.79. The maximum atomic E-state index is 4.69. The minimum absolute atomic E-state index is 0. The van der Waals surface area contributed by atoms with Gasteiger partial charge in [-0.05, 0) is 84.3 Å². The Hall–Kier alpha value is -0.120. The van der Waals surface area contributed by atoms with Crippen LogP contribution in [0.25, 0.3) is 0 Å². The van der Waals surface area contributed by atoms with E-state index in [0.717, 1.165) is 44.6 Å². The number of nitrogens with zero attached hydrogens (tertiary/aromatic N) is 5. The van der Waals surface area contributed by atoms with Crippen molar-refractivity contribution >= 4 is 29.9 Å². The van der Waals surface area contributed by atoms with E-state index in [-0.39, 0.29) is 24.0 Å². The molecule has 0 spiro atoms. The van der Waals surface area contributed by atoms with Gasteiger partial charge in [0, 0.05) is 38.8 Å². The van der Waals surface area contributed by atoms with Gasteiger partial charge in [-0.25, -0.2) is 0 Å². The fourth-order valence-corrected chi connectivity index (χ4v) is 5.60. The Morgan fingerprint density at radius 3 is 2.30 bits per heavy atom. The van der Waals surface area contributed by atoms with Crippen LogP contribution in [0.4, 0.5) is 0 Å². The van der Waals surface area contributed by atoms with E-state index in [9.17, 15) is 0 Å². The quantitative estimate of drug-likeness (QED) is 0.309. The summed E-state index contributed by atoms with van der Waals surface area (Å²) >= 11 is 0. The lowest BCUT2D eigenvalue weighted by Crippen LogP contribution is -2.62. The molecule has 0 aliphatic carbocycles. The smallest absolute Gasteiger partial charge is 0.193 e. The van der Waals surface area contributed by atoms with Crippen molar-refractivity contribution in [3.8, 4) is 0 Å². The van der Waals surface area contributed by atoms with E-state index in [1.807, 2.05) is 7.05 Å². The van der Waals surface area contributed by atoms with Crippen LogP contribution in [0.1, 0.15) is 52.4 Å². The zero-order valence-corrected chi connectivity index (χ0v) is 22.4. The van der Waals surface area contributed by atoms with Crippen molar-refractivity contribution in [2.24, 2.45) is 10.9 Å². The highest BCUT2D eigenvalue weighted by molar-refractivity contribution is 14.0. The fourth-order valence-electron chi connectivity index (χ4n) is 5.60. The molecule has 30 heavy (non-hydrogen) atoms. The van der Waals surface area contributed by atoms with E-state index in [0.29, 0.717) is 5.54 Å². The van der Waals surface area contributed by atoms with Crippen LogP contribution in [0.5, 0.6) is 0 Å². The van der Waals surface area contributed by atoms with Crippen molar-refractivity contribution in [3.63, 3.8) is 0 Å². The van der Waals surface area contributed by atoms with Crippen molar-refractivity contribution in [2.45, 2.75) is 57.9 Å². The average Bonchev–Trinajstić information content (AvgIpc) is 3.23. The Labute approximate surface area is 202 Å². The van der Waals surface area contributed by atoms with Gasteiger partial charge in [0.25, 0.3) is 0 Å². The van der Waals surface area contributed by atoms with Crippen LogP contribution < -0.4 is 5.32 Å². The number of piperidine rings is 2. The SMILES string of the molecule is CCN(CC)CC1CCN(C(=NC)NCC2(N3CCCCC3)CCN(C)CC2)C1.I. The molecule has 0 radical (unpaired) electrons. The van der Waals surface area contributed by atoms with E-state index in [1.165, 1.54) is 71.2 Å². The van der Waals surface area contributed by atoms with Gasteiger partial charge in [0.05, 0.1) is 0 Å². The number of nitrogens with one attached hydrogen (secondary N) is 1. The van der Waals surface area contributed by atoms with Crippen molar-refractivity contribution in [2.75, 3.05) is 79.5 Å². The molecule has 1 atom stereocenters. The second-order valence-corrected chi connectivity index (χ2v) is 9.56. The highest BCUT2D eigenvalue weighted by Crippen LogP contribution is 2.31. The molecule has 0 saturated carbocycles. The maximum Gasteiger partial charge on any atom is 0.193 e. The molecule has 0 aromatic heterocycles. The standard InChI is InChI=1S/C23H46N6.HI/c1-5-27(6-2)18-21-10-15-28(19-21)22(24-3)25-20-23(11-16-26(4)17-12-23)29-13-8-7-9-14-29;/h21H,5-20H2,1-4H3,(H,24,25);1H. The first-order valence-corrected chi connectivity index (χ1v) is 12.2. The molecule has 176 valence electrons. The molecule has 3 rings (SSSR count). The summed E-state index contributed by atoms with van der Waals surface area (Å²) in [5.74, 6) is 1.90. The molecule has 0 bridgehead atoms.